The third-order valence-electron chi connectivity index (χ3n) is 12.9. The molecule has 304 valence electrons. The summed E-state index contributed by atoms with van der Waals surface area (Å²) in [5, 5.41) is 5.32. The summed E-state index contributed by atoms with van der Waals surface area (Å²) in [4.78, 5) is 2.40. The maximum absolute atomic E-state index is 2.57. The fourth-order valence-corrected chi connectivity index (χ4v) is 9.78. The van der Waals surface area contributed by atoms with Crippen molar-refractivity contribution in [2.45, 2.75) is 85.5 Å². The van der Waals surface area contributed by atoms with Crippen LogP contribution in [0.5, 0.6) is 0 Å². The van der Waals surface area contributed by atoms with Crippen molar-refractivity contribution < 1.29 is 0 Å². The Balaban J connectivity index is 0.00000235. The Labute approximate surface area is 363 Å². The second-order valence-corrected chi connectivity index (χ2v) is 17.0. The van der Waals surface area contributed by atoms with Crippen LogP contribution in [0.4, 0.5) is 17.1 Å². The average molecular weight is 795 g/mol. The van der Waals surface area contributed by atoms with E-state index >= 15 is 0 Å². The van der Waals surface area contributed by atoms with Crippen LogP contribution in [0, 0.1) is 0 Å². The van der Waals surface area contributed by atoms with Crippen LogP contribution in [0.15, 0.2) is 170 Å². The molecule has 61 heavy (non-hydrogen) atoms. The number of hydrogen-bond donors (Lipinski definition) is 0. The van der Waals surface area contributed by atoms with Crippen LogP contribution >= 0.6 is 0 Å². The number of aromatic nitrogens is 1. The number of para-hydroxylation sites is 1. The number of hydrogen-bond acceptors (Lipinski definition) is 1. The molecule has 1 heterocycles. The molecule has 0 N–H and O–H groups in total. The van der Waals surface area contributed by atoms with E-state index in [4.69, 9.17) is 0 Å². The van der Waals surface area contributed by atoms with Gasteiger partial charge in [0, 0.05) is 38.6 Å². The number of fused-ring (bicyclic) bond motifs is 8. The molecule has 0 fully saturated rings. The van der Waals surface area contributed by atoms with Crippen molar-refractivity contribution in [3.05, 3.63) is 192 Å². The molecule has 10 rings (SSSR count). The van der Waals surface area contributed by atoms with E-state index in [2.05, 4.69) is 207 Å². The van der Waals surface area contributed by atoms with Gasteiger partial charge < -0.3 is 9.47 Å². The second-order valence-electron chi connectivity index (χ2n) is 17.0. The number of aryl methyl sites for hydroxylation is 2. The highest BCUT2D eigenvalue weighted by Crippen LogP contribution is 2.54. The molecule has 0 radical (unpaired) electrons. The summed E-state index contributed by atoms with van der Waals surface area (Å²) >= 11 is 0. The lowest BCUT2D eigenvalue weighted by Crippen LogP contribution is -2.17. The van der Waals surface area contributed by atoms with E-state index in [-0.39, 0.29) is 5.41 Å². The van der Waals surface area contributed by atoms with Crippen molar-refractivity contribution in [2.75, 3.05) is 4.90 Å². The highest BCUT2D eigenvalue weighted by Gasteiger charge is 2.38. The summed E-state index contributed by atoms with van der Waals surface area (Å²) in [5.74, 6) is 0. The van der Waals surface area contributed by atoms with Gasteiger partial charge in [-0.15, -0.1) is 0 Å². The Morgan fingerprint density at radius 1 is 0.459 bits per heavy atom. The van der Waals surface area contributed by atoms with Gasteiger partial charge >= 0.3 is 0 Å². The molecule has 0 amide bonds. The number of anilines is 3. The van der Waals surface area contributed by atoms with E-state index in [0.29, 0.717) is 0 Å². The molecule has 1 aliphatic carbocycles. The zero-order chi connectivity index (χ0) is 42.1. The van der Waals surface area contributed by atoms with Gasteiger partial charge in [0.25, 0.3) is 0 Å². The molecule has 0 spiro atoms. The van der Waals surface area contributed by atoms with Gasteiger partial charge in [0.1, 0.15) is 0 Å². The van der Waals surface area contributed by atoms with Crippen LogP contribution in [0.3, 0.4) is 0 Å². The van der Waals surface area contributed by atoms with Crippen LogP contribution in [0.25, 0.3) is 60.5 Å². The van der Waals surface area contributed by atoms with E-state index in [0.717, 1.165) is 29.9 Å². The molecule has 1 aromatic heterocycles. The molecular formula is C59H58N2. The van der Waals surface area contributed by atoms with Gasteiger partial charge in [0.2, 0.25) is 0 Å². The molecule has 0 saturated heterocycles. The lowest BCUT2D eigenvalue weighted by molar-refractivity contribution is 0.660. The molecule has 0 aliphatic heterocycles. The Hall–Kier alpha value is -6.38. The predicted molar refractivity (Wildman–Crippen MR) is 265 cm³/mol. The first-order valence-electron chi connectivity index (χ1n) is 22.7. The molecule has 9 aromatic rings. The zero-order valence-corrected chi connectivity index (χ0v) is 36.8. The lowest BCUT2D eigenvalue weighted by Gasteiger charge is -2.28. The molecule has 2 nitrogen and oxygen atoms in total. The van der Waals surface area contributed by atoms with Crippen molar-refractivity contribution in [2.24, 2.45) is 0 Å². The topological polar surface area (TPSA) is 8.17 Å². The van der Waals surface area contributed by atoms with Gasteiger partial charge in [-0.05, 0) is 142 Å². The minimum Gasteiger partial charge on any atom is -0.310 e. The molecule has 2 heteroatoms. The second kappa shape index (κ2) is 16.9. The summed E-state index contributed by atoms with van der Waals surface area (Å²) in [7, 11) is 0. The fourth-order valence-electron chi connectivity index (χ4n) is 9.78. The van der Waals surface area contributed by atoms with Crippen LogP contribution in [0.2, 0.25) is 0 Å². The monoisotopic (exact) mass is 794 g/mol. The van der Waals surface area contributed by atoms with E-state index < -0.39 is 0 Å². The van der Waals surface area contributed by atoms with E-state index in [1.165, 1.54) is 108 Å². The quantitative estimate of drug-likeness (QED) is 0.127. The largest absolute Gasteiger partial charge is 0.310 e. The van der Waals surface area contributed by atoms with Crippen LogP contribution in [-0.2, 0) is 18.3 Å². The summed E-state index contributed by atoms with van der Waals surface area (Å²) in [6, 6.07) is 63.7. The molecule has 8 aromatic carbocycles. The van der Waals surface area contributed by atoms with Crippen molar-refractivity contribution in [3.63, 3.8) is 0 Å². The SMILES string of the molecule is CC.CCCCc1ccc2c(c1)c1cc(CCCC)ccc1n2-c1cc2c(c3ccccc13)-c1ccc(N(c3ccccc3)c3ccc(-c4ccccc4)cc3)cc1C2(C)C. The molecule has 0 unspecified atom stereocenters. The van der Waals surface area contributed by atoms with Gasteiger partial charge in [-0.2, -0.15) is 0 Å². The first-order valence-corrected chi connectivity index (χ1v) is 22.7. The normalized spacial score (nSPS) is 12.6. The Bertz CT molecular complexity index is 2900. The third-order valence-corrected chi connectivity index (χ3v) is 12.9. The Kier molecular flexibility index (Phi) is 11.1. The average Bonchev–Trinajstić information content (AvgIpc) is 3.75. The first kappa shape index (κ1) is 40.0. The van der Waals surface area contributed by atoms with E-state index in [9.17, 15) is 0 Å². The first-order chi connectivity index (χ1) is 29.9. The number of rotatable bonds is 11. The van der Waals surface area contributed by atoms with Gasteiger partial charge in [-0.3, -0.25) is 0 Å². The van der Waals surface area contributed by atoms with Crippen LogP contribution < -0.4 is 4.90 Å². The molecule has 0 saturated carbocycles. The van der Waals surface area contributed by atoms with Crippen LogP contribution in [0.1, 0.15) is 89.5 Å². The third kappa shape index (κ3) is 7.12. The van der Waals surface area contributed by atoms with E-state index in [1.54, 1.807) is 0 Å². The van der Waals surface area contributed by atoms with Gasteiger partial charge in [-0.1, -0.05) is 158 Å². The van der Waals surface area contributed by atoms with Crippen molar-refractivity contribution >= 4 is 49.6 Å². The lowest BCUT2D eigenvalue weighted by atomic mass is 9.81. The summed E-state index contributed by atoms with van der Waals surface area (Å²) in [6.07, 6.45) is 7.06. The Morgan fingerprint density at radius 2 is 0.984 bits per heavy atom. The minimum atomic E-state index is -0.238. The molecule has 1 aliphatic rings. The van der Waals surface area contributed by atoms with E-state index in [1.807, 2.05) is 13.8 Å². The molecular weight excluding hydrogens is 737 g/mol. The standard InChI is InChI=1S/C57H52N2.C2H6/c1-5-7-17-39-25-33-53-49(35-39)50-36-40(18-8-6-2)26-34-54(50)59(53)55-38-52-56(47-24-16-15-23-46(47)55)48-32-31-45(37-51(48)57(52,3)4)58(43-21-13-10-14-22-43)44-29-27-42(28-30-44)41-19-11-9-12-20-41;1-2/h9-16,19-38H,5-8,17-18H2,1-4H3;1-2H3. The fraction of sp³-hybridized carbons (Fsp3) is 0.220. The van der Waals surface area contributed by atoms with Gasteiger partial charge in [0.15, 0.2) is 0 Å². The minimum absolute atomic E-state index is 0.238. The number of unbranched alkanes of at least 4 members (excludes halogenated alkanes) is 2. The number of nitrogens with zero attached hydrogens (tertiary/aromatic N) is 2. The predicted octanol–water partition coefficient (Wildman–Crippen LogP) is 17.1. The zero-order valence-electron chi connectivity index (χ0n) is 36.8. The van der Waals surface area contributed by atoms with Crippen LogP contribution in [-0.4, -0.2) is 4.57 Å². The summed E-state index contributed by atoms with van der Waals surface area (Å²) in [6.45, 7) is 13.4. The molecule has 0 bridgehead atoms. The maximum Gasteiger partial charge on any atom is 0.0544 e. The van der Waals surface area contributed by atoms with Crippen molar-refractivity contribution in [3.8, 4) is 27.9 Å². The van der Waals surface area contributed by atoms with Gasteiger partial charge in [-0.25, -0.2) is 0 Å². The van der Waals surface area contributed by atoms with Gasteiger partial charge in [0.05, 0.1) is 16.7 Å². The Morgan fingerprint density at radius 3 is 1.59 bits per heavy atom. The summed E-state index contributed by atoms with van der Waals surface area (Å²) in [5.41, 5.74) is 17.8. The van der Waals surface area contributed by atoms with Crippen molar-refractivity contribution in [1.29, 1.82) is 0 Å². The number of benzene rings is 8. The molecule has 0 atom stereocenters. The summed E-state index contributed by atoms with van der Waals surface area (Å²) < 4.78 is 2.57. The highest BCUT2D eigenvalue weighted by atomic mass is 15.1. The maximum atomic E-state index is 2.57. The van der Waals surface area contributed by atoms with Crippen molar-refractivity contribution in [1.82, 2.24) is 4.57 Å². The highest BCUT2D eigenvalue weighted by molar-refractivity contribution is 6.13. The smallest absolute Gasteiger partial charge is 0.0544 e.